The highest BCUT2D eigenvalue weighted by Crippen LogP contribution is 2.35. The molecule has 3 aromatic rings. The Kier molecular flexibility index (Phi) is 8.99. The van der Waals surface area contributed by atoms with E-state index in [1.807, 2.05) is 30.2 Å². The Morgan fingerprint density at radius 3 is 2.38 bits per heavy atom. The predicted octanol–water partition coefficient (Wildman–Crippen LogP) is 6.36. The number of nitrogens with one attached hydrogen (secondary N) is 1. The molecule has 0 unspecified atom stereocenters. The fourth-order valence-corrected chi connectivity index (χ4v) is 6.31. The number of aromatic nitrogens is 2. The first kappa shape index (κ1) is 28.1. The van der Waals surface area contributed by atoms with E-state index in [4.69, 9.17) is 22.1 Å². The van der Waals surface area contributed by atoms with Gasteiger partial charge < -0.3 is 10.2 Å². The maximum absolute atomic E-state index is 11.8. The zero-order chi connectivity index (χ0) is 28.0. The van der Waals surface area contributed by atoms with Gasteiger partial charge in [0.05, 0.1) is 34.6 Å². The maximum atomic E-state index is 11.8. The van der Waals surface area contributed by atoms with Gasteiger partial charge >= 0.3 is 0 Å². The van der Waals surface area contributed by atoms with Crippen molar-refractivity contribution in [3.8, 4) is 29.0 Å². The minimum Gasteiger partial charge on any atom is -0.370 e. The Hall–Kier alpha value is -3.46. The number of amides is 1. The summed E-state index contributed by atoms with van der Waals surface area (Å²) in [5.41, 5.74) is 4.25. The molecule has 0 radical (unpaired) electrons. The van der Waals surface area contributed by atoms with Gasteiger partial charge in [0, 0.05) is 48.0 Å². The monoisotopic (exact) mass is 572 g/mol. The van der Waals surface area contributed by atoms with Crippen LogP contribution in [0.15, 0.2) is 54.9 Å². The molecule has 2 aliphatic carbocycles. The Morgan fingerprint density at radius 1 is 1.02 bits per heavy atom. The molecule has 6 rings (SSSR count). The molecular weight excluding hydrogens is 540 g/mol. The van der Waals surface area contributed by atoms with Crippen molar-refractivity contribution in [1.29, 1.82) is 10.5 Å². The van der Waals surface area contributed by atoms with Crippen LogP contribution in [-0.4, -0.2) is 45.8 Å². The molecular formula is C31H33ClN6OS. The van der Waals surface area contributed by atoms with Gasteiger partial charge in [-0.05, 0) is 61.6 Å². The smallest absolute Gasteiger partial charge is 0.224 e. The van der Waals surface area contributed by atoms with E-state index in [1.165, 1.54) is 23.6 Å². The van der Waals surface area contributed by atoms with Crippen LogP contribution in [0.5, 0.6) is 0 Å². The molecule has 1 aliphatic heterocycles. The van der Waals surface area contributed by atoms with E-state index < -0.39 is 5.54 Å². The van der Waals surface area contributed by atoms with Crippen LogP contribution in [0.3, 0.4) is 0 Å². The summed E-state index contributed by atoms with van der Waals surface area (Å²) in [4.78, 5) is 14.2. The third-order valence-electron chi connectivity index (χ3n) is 7.79. The minimum atomic E-state index is -0.478. The first-order valence-corrected chi connectivity index (χ1v) is 15.4. The number of carbonyl (C=O) groups excluding carboxylic acids is 1. The lowest BCUT2D eigenvalue weighted by atomic mass is 9.88. The number of benzene rings is 2. The number of rotatable bonds is 5. The van der Waals surface area contributed by atoms with Crippen molar-refractivity contribution in [1.82, 2.24) is 15.1 Å². The Balaban J connectivity index is 0.000000194. The molecule has 2 aromatic carbocycles. The molecule has 40 heavy (non-hydrogen) atoms. The highest BCUT2D eigenvalue weighted by molar-refractivity contribution is 7.99. The molecule has 0 bridgehead atoms. The summed E-state index contributed by atoms with van der Waals surface area (Å²) in [6.45, 7) is 2.22. The van der Waals surface area contributed by atoms with Crippen LogP contribution >= 0.6 is 23.4 Å². The van der Waals surface area contributed by atoms with E-state index in [1.54, 1.807) is 16.8 Å². The number of halogens is 1. The van der Waals surface area contributed by atoms with Crippen molar-refractivity contribution in [2.24, 2.45) is 5.92 Å². The normalized spacial score (nSPS) is 18.0. The summed E-state index contributed by atoms with van der Waals surface area (Å²) in [6, 6.07) is 18.1. The molecule has 3 fully saturated rings. The number of nitrogens with zero attached hydrogens (tertiary/aromatic N) is 5. The third-order valence-corrected chi connectivity index (χ3v) is 9.03. The van der Waals surface area contributed by atoms with Crippen LogP contribution in [0.2, 0.25) is 5.02 Å². The van der Waals surface area contributed by atoms with Crippen molar-refractivity contribution in [3.63, 3.8) is 0 Å². The summed E-state index contributed by atoms with van der Waals surface area (Å²) < 4.78 is 1.74. The summed E-state index contributed by atoms with van der Waals surface area (Å²) in [5.74, 6) is 2.68. The molecule has 7 nitrogen and oxygen atoms in total. The van der Waals surface area contributed by atoms with E-state index in [9.17, 15) is 4.79 Å². The number of thioether (sulfide) groups is 1. The average molecular weight is 573 g/mol. The largest absolute Gasteiger partial charge is 0.370 e. The second kappa shape index (κ2) is 12.8. The molecule has 9 heteroatoms. The van der Waals surface area contributed by atoms with Crippen molar-refractivity contribution in [2.45, 2.75) is 50.5 Å². The third kappa shape index (κ3) is 6.81. The van der Waals surface area contributed by atoms with E-state index in [0.29, 0.717) is 10.6 Å². The number of anilines is 1. The highest BCUT2D eigenvalue weighted by Gasteiger charge is 2.45. The Labute approximate surface area is 245 Å². The standard InChI is InChI=1S/C20H17ClN4S.C11H16N2O/c21-19-11-15(12-22)1-6-20(19)25-14-17(13-23-25)16-2-4-18(5-3-16)24-7-9-26-10-8-24;12-8-11(6-7-11)13-10(14)9-4-2-1-3-5-9/h1-6,11,13-14H,7-10H2;9H,1-7H2,(H,13,14). The average Bonchev–Trinajstić information content (AvgIpc) is 3.62. The van der Waals surface area contributed by atoms with Gasteiger partial charge in [0.1, 0.15) is 5.54 Å². The zero-order valence-electron chi connectivity index (χ0n) is 22.5. The van der Waals surface area contributed by atoms with Crippen LogP contribution < -0.4 is 10.2 Å². The molecule has 1 aromatic heterocycles. The molecule has 0 spiro atoms. The van der Waals surface area contributed by atoms with Gasteiger partial charge in [-0.3, -0.25) is 4.79 Å². The topological polar surface area (TPSA) is 97.7 Å². The fraction of sp³-hybridized carbons (Fsp3) is 0.419. The van der Waals surface area contributed by atoms with Gasteiger partial charge in [0.15, 0.2) is 0 Å². The summed E-state index contributed by atoms with van der Waals surface area (Å²) in [6.07, 6.45) is 11.1. The minimum absolute atomic E-state index is 0.115. The lowest BCUT2D eigenvalue weighted by Crippen LogP contribution is -2.40. The van der Waals surface area contributed by atoms with Gasteiger partial charge in [0.2, 0.25) is 5.91 Å². The van der Waals surface area contributed by atoms with Gasteiger partial charge in [-0.15, -0.1) is 0 Å². The Morgan fingerprint density at radius 2 is 1.75 bits per heavy atom. The van der Waals surface area contributed by atoms with Crippen LogP contribution in [0.25, 0.3) is 16.8 Å². The van der Waals surface area contributed by atoms with Crippen molar-refractivity contribution >= 4 is 35.0 Å². The van der Waals surface area contributed by atoms with Gasteiger partial charge in [-0.1, -0.05) is 43.0 Å². The fourth-order valence-electron chi connectivity index (χ4n) is 5.14. The van der Waals surface area contributed by atoms with Crippen LogP contribution in [0.1, 0.15) is 50.5 Å². The SMILES string of the molecule is N#CC1(NC(=O)C2CCCCC2)CC1.N#Cc1ccc(-n2cc(-c3ccc(N4CCSCC4)cc3)cn2)c(Cl)c1. The van der Waals surface area contributed by atoms with E-state index in [-0.39, 0.29) is 11.8 Å². The second-order valence-corrected chi connectivity index (χ2v) is 12.2. The highest BCUT2D eigenvalue weighted by atomic mass is 35.5. The molecule has 206 valence electrons. The van der Waals surface area contributed by atoms with Crippen molar-refractivity contribution in [2.75, 3.05) is 29.5 Å². The Bertz CT molecular complexity index is 1410. The van der Waals surface area contributed by atoms with Crippen LogP contribution in [-0.2, 0) is 4.79 Å². The van der Waals surface area contributed by atoms with E-state index >= 15 is 0 Å². The van der Waals surface area contributed by atoms with Gasteiger partial charge in [-0.25, -0.2) is 4.68 Å². The zero-order valence-corrected chi connectivity index (χ0v) is 24.1. The van der Waals surface area contributed by atoms with E-state index in [2.05, 4.69) is 51.7 Å². The quantitative estimate of drug-likeness (QED) is 0.382. The number of nitriles is 2. The molecule has 3 aliphatic rings. The van der Waals surface area contributed by atoms with Gasteiger partial charge in [-0.2, -0.15) is 27.4 Å². The first-order chi connectivity index (χ1) is 19.5. The molecule has 1 N–H and O–H groups in total. The number of hydrogen-bond acceptors (Lipinski definition) is 6. The summed E-state index contributed by atoms with van der Waals surface area (Å²) >= 11 is 8.30. The summed E-state index contributed by atoms with van der Waals surface area (Å²) in [5, 5.41) is 25.6. The number of hydrogen-bond donors (Lipinski definition) is 1. The molecule has 2 saturated carbocycles. The lowest BCUT2D eigenvalue weighted by Gasteiger charge is -2.28. The van der Waals surface area contributed by atoms with Crippen LogP contribution in [0, 0.1) is 28.6 Å². The lowest BCUT2D eigenvalue weighted by molar-refractivity contribution is -0.126. The molecule has 1 saturated heterocycles. The van der Waals surface area contributed by atoms with Crippen LogP contribution in [0.4, 0.5) is 5.69 Å². The number of carbonyl (C=O) groups is 1. The summed E-state index contributed by atoms with van der Waals surface area (Å²) in [7, 11) is 0. The predicted molar refractivity (Wildman–Crippen MR) is 161 cm³/mol. The first-order valence-electron chi connectivity index (χ1n) is 13.9. The van der Waals surface area contributed by atoms with Crippen molar-refractivity contribution < 1.29 is 4.79 Å². The van der Waals surface area contributed by atoms with Gasteiger partial charge in [0.25, 0.3) is 0 Å². The molecule has 0 atom stereocenters. The molecule has 1 amide bonds. The van der Waals surface area contributed by atoms with E-state index in [0.717, 1.165) is 68.4 Å². The maximum Gasteiger partial charge on any atom is 0.224 e. The van der Waals surface area contributed by atoms with Crippen molar-refractivity contribution in [3.05, 3.63) is 65.4 Å². The second-order valence-electron chi connectivity index (χ2n) is 10.6. The molecule has 2 heterocycles.